The van der Waals surface area contributed by atoms with E-state index in [9.17, 15) is 15.8 Å². The van der Waals surface area contributed by atoms with Gasteiger partial charge in [-0.25, -0.2) is 0 Å². The summed E-state index contributed by atoms with van der Waals surface area (Å²) >= 11 is 6.93. The Morgan fingerprint density at radius 1 is 1.15 bits per heavy atom. The number of fused-ring (bicyclic) bond motifs is 1. The van der Waals surface area contributed by atoms with Crippen molar-refractivity contribution in [2.45, 2.75) is 48.8 Å². The van der Waals surface area contributed by atoms with Gasteiger partial charge in [-0.1, -0.05) is 24.3 Å². The third-order valence-corrected chi connectivity index (χ3v) is 5.66. The number of alkyl halides is 1. The van der Waals surface area contributed by atoms with Crippen LogP contribution < -0.4 is 0 Å². The topological polar surface area (TPSA) is 84.3 Å². The van der Waals surface area contributed by atoms with E-state index < -0.39 is 10.3 Å². The maximum absolute atomic E-state index is 9.84. The van der Waals surface area contributed by atoms with Crippen LogP contribution in [-0.2, 0) is 23.1 Å². The second kappa shape index (κ2) is 7.29. The van der Waals surface area contributed by atoms with Crippen LogP contribution in [0.15, 0.2) is 24.3 Å². The Bertz CT molecular complexity index is 993. The zero-order valence-corrected chi connectivity index (χ0v) is 15.6. The Balaban J connectivity index is 2.38. The van der Waals surface area contributed by atoms with E-state index in [0.29, 0.717) is 24.1 Å². The third kappa shape index (κ3) is 3.00. The molecule has 2 aliphatic carbocycles. The zero-order valence-electron chi connectivity index (χ0n) is 14.8. The van der Waals surface area contributed by atoms with Crippen molar-refractivity contribution >= 4 is 11.6 Å². The van der Waals surface area contributed by atoms with Crippen molar-refractivity contribution in [3.8, 4) is 30.6 Å². The van der Waals surface area contributed by atoms with Crippen molar-refractivity contribution < 1.29 is 0 Å². The van der Waals surface area contributed by atoms with Gasteiger partial charge in [-0.2, -0.15) is 15.8 Å². The molecule has 0 fully saturated rings. The normalized spacial score (nSPS) is 20.6. The second-order valence-electron chi connectivity index (χ2n) is 6.82. The number of nitriles is 3. The molecule has 1 heterocycles. The Hall–Kier alpha value is -3.05. The molecular formula is C22H17ClN4. The maximum atomic E-state index is 9.84. The van der Waals surface area contributed by atoms with E-state index in [-0.39, 0.29) is 12.1 Å². The second-order valence-corrected chi connectivity index (χ2v) is 7.50. The van der Waals surface area contributed by atoms with Gasteiger partial charge in [-0.05, 0) is 43.2 Å². The molecule has 0 N–H and O–H groups in total. The highest BCUT2D eigenvalue weighted by atomic mass is 35.5. The summed E-state index contributed by atoms with van der Waals surface area (Å²) in [5.74, 6) is 2.40. The number of terminal acetylenes is 1. The van der Waals surface area contributed by atoms with Crippen molar-refractivity contribution in [2.75, 3.05) is 0 Å². The van der Waals surface area contributed by atoms with Gasteiger partial charge in [0, 0.05) is 6.42 Å². The van der Waals surface area contributed by atoms with Crippen molar-refractivity contribution in [3.63, 3.8) is 0 Å². The van der Waals surface area contributed by atoms with E-state index in [2.05, 4.69) is 12.0 Å². The molecule has 1 atom stereocenters. The first-order chi connectivity index (χ1) is 13.0. The average Bonchev–Trinajstić information content (AvgIpc) is 2.71. The van der Waals surface area contributed by atoms with E-state index in [1.165, 1.54) is 0 Å². The minimum atomic E-state index is -1.66. The molecule has 1 aromatic rings. The van der Waals surface area contributed by atoms with Gasteiger partial charge in [0.25, 0.3) is 0 Å². The molecule has 0 spiro atoms. The monoisotopic (exact) mass is 372 g/mol. The Morgan fingerprint density at radius 3 is 2.41 bits per heavy atom. The quantitative estimate of drug-likeness (QED) is 0.590. The number of halogens is 1. The summed E-state index contributed by atoms with van der Waals surface area (Å²) in [6, 6.07) is 6.22. The Morgan fingerprint density at radius 2 is 1.85 bits per heavy atom. The molecule has 0 aliphatic heterocycles. The van der Waals surface area contributed by atoms with Gasteiger partial charge in [0.1, 0.15) is 10.9 Å². The maximum Gasteiger partial charge on any atom is 0.197 e. The molecule has 0 radical (unpaired) electrons. The molecule has 27 heavy (non-hydrogen) atoms. The molecule has 0 saturated carbocycles. The lowest BCUT2D eigenvalue weighted by Gasteiger charge is -2.32. The molecule has 4 nitrogen and oxygen atoms in total. The van der Waals surface area contributed by atoms with Gasteiger partial charge in [-0.15, -0.1) is 23.9 Å². The van der Waals surface area contributed by atoms with Crippen LogP contribution in [0, 0.1) is 46.3 Å². The molecular weight excluding hydrogens is 356 g/mol. The number of rotatable bonds is 3. The van der Waals surface area contributed by atoms with Gasteiger partial charge < -0.3 is 0 Å². The molecule has 1 unspecified atom stereocenters. The summed E-state index contributed by atoms with van der Waals surface area (Å²) < 4.78 is 0. The lowest BCUT2D eigenvalue weighted by Crippen LogP contribution is -2.31. The van der Waals surface area contributed by atoms with Crippen LogP contribution in [0.5, 0.6) is 0 Å². The third-order valence-electron chi connectivity index (χ3n) is 5.20. The van der Waals surface area contributed by atoms with Gasteiger partial charge >= 0.3 is 0 Å². The van der Waals surface area contributed by atoms with Crippen LogP contribution in [0.3, 0.4) is 0 Å². The predicted octanol–water partition coefficient (Wildman–Crippen LogP) is 4.09. The van der Waals surface area contributed by atoms with Crippen molar-refractivity contribution in [1.29, 1.82) is 15.8 Å². The first-order valence-electron chi connectivity index (χ1n) is 8.81. The highest BCUT2D eigenvalue weighted by molar-refractivity contribution is 6.25. The van der Waals surface area contributed by atoms with Crippen molar-refractivity contribution in [3.05, 3.63) is 52.4 Å². The highest BCUT2D eigenvalue weighted by Gasteiger charge is 2.41. The summed E-state index contributed by atoms with van der Waals surface area (Å²) in [4.78, 5) is 3.85. The summed E-state index contributed by atoms with van der Waals surface area (Å²) in [7, 11) is 0. The molecule has 0 aromatic carbocycles. The first-order valence-corrected chi connectivity index (χ1v) is 9.19. The van der Waals surface area contributed by atoms with E-state index in [0.717, 1.165) is 30.4 Å². The summed E-state index contributed by atoms with van der Waals surface area (Å²) in [6.07, 6.45) is 16.9. The fourth-order valence-corrected chi connectivity index (χ4v) is 4.13. The average molecular weight is 373 g/mol. The van der Waals surface area contributed by atoms with E-state index in [1.54, 1.807) is 0 Å². The Kier molecular flexibility index (Phi) is 5.06. The van der Waals surface area contributed by atoms with Crippen LogP contribution >= 0.6 is 11.6 Å². The molecule has 0 saturated heterocycles. The predicted molar refractivity (Wildman–Crippen MR) is 102 cm³/mol. The summed E-state index contributed by atoms with van der Waals surface area (Å²) in [5, 5.41) is 29.4. The van der Waals surface area contributed by atoms with Crippen LogP contribution in [0.25, 0.3) is 0 Å². The molecule has 132 valence electrons. The lowest BCUT2D eigenvalue weighted by molar-refractivity contribution is 0.614. The van der Waals surface area contributed by atoms with Crippen LogP contribution in [-0.4, -0.2) is 4.98 Å². The minimum Gasteiger partial charge on any atom is -0.251 e. The van der Waals surface area contributed by atoms with E-state index in [4.69, 9.17) is 23.0 Å². The van der Waals surface area contributed by atoms with Gasteiger partial charge in [0.05, 0.1) is 29.1 Å². The number of pyridine rings is 1. The summed E-state index contributed by atoms with van der Waals surface area (Å²) in [6.45, 7) is 0. The molecule has 1 aromatic heterocycles. The molecule has 0 bridgehead atoms. The van der Waals surface area contributed by atoms with Gasteiger partial charge in [0.15, 0.2) is 5.41 Å². The zero-order chi connectivity index (χ0) is 19.5. The highest BCUT2D eigenvalue weighted by Crippen LogP contribution is 2.43. The molecule has 3 rings (SSSR count). The van der Waals surface area contributed by atoms with E-state index >= 15 is 0 Å². The number of aromatic nitrogens is 1. The van der Waals surface area contributed by atoms with E-state index in [1.807, 2.05) is 36.4 Å². The largest absolute Gasteiger partial charge is 0.251 e. The van der Waals surface area contributed by atoms with Crippen LogP contribution in [0.4, 0.5) is 0 Å². The number of nitrogens with zero attached hydrogens (tertiary/aromatic N) is 4. The van der Waals surface area contributed by atoms with Gasteiger partial charge in [0.2, 0.25) is 0 Å². The van der Waals surface area contributed by atoms with Crippen LogP contribution in [0.1, 0.15) is 53.8 Å². The number of hydrogen-bond donors (Lipinski definition) is 0. The molecule has 5 heteroatoms. The Labute approximate surface area is 164 Å². The SMILES string of the molecule is C#CCC(C#N)(C#N)c1nc(C2(Cl)C=CC=CC2)c2c(c1C#N)CCCC2. The van der Waals surface area contributed by atoms with Crippen molar-refractivity contribution in [2.24, 2.45) is 0 Å². The minimum absolute atomic E-state index is 0.134. The molecule has 2 aliphatic rings. The standard InChI is InChI=1S/C22H17ClN4/c1-2-10-21(14-25,15-26)19-18(13-24)16-8-4-5-9-17(16)20(27-19)22(23)11-6-3-7-12-22/h1,3,6-7,11H,4-5,8-10,12H2. The number of hydrogen-bond acceptors (Lipinski definition) is 4. The van der Waals surface area contributed by atoms with Crippen LogP contribution in [0.2, 0.25) is 0 Å². The summed E-state index contributed by atoms with van der Waals surface area (Å²) in [5.41, 5.74) is 1.26. The fourth-order valence-electron chi connectivity index (χ4n) is 3.81. The first kappa shape index (κ1) is 18.7. The van der Waals surface area contributed by atoms with Crippen molar-refractivity contribution in [1.82, 2.24) is 4.98 Å². The number of allylic oxidation sites excluding steroid dienone is 4. The lowest BCUT2D eigenvalue weighted by atomic mass is 9.76. The molecule has 0 amide bonds. The fraction of sp³-hybridized carbons (Fsp3) is 0.364. The van der Waals surface area contributed by atoms with Gasteiger partial charge in [-0.3, -0.25) is 4.98 Å². The smallest absolute Gasteiger partial charge is 0.197 e.